The first kappa shape index (κ1) is 11.3. The van der Waals surface area contributed by atoms with Crippen molar-refractivity contribution in [3.63, 3.8) is 0 Å². The zero-order chi connectivity index (χ0) is 10.2. The van der Waals surface area contributed by atoms with Crippen LogP contribution in [0.3, 0.4) is 0 Å². The van der Waals surface area contributed by atoms with Gasteiger partial charge < -0.3 is 5.32 Å². The molecule has 0 aromatic carbocycles. The molecule has 1 nitrogen and oxygen atoms in total. The van der Waals surface area contributed by atoms with E-state index in [0.717, 1.165) is 25.8 Å². The molecule has 0 saturated heterocycles. The van der Waals surface area contributed by atoms with E-state index in [1.165, 1.54) is 4.88 Å². The minimum Gasteiger partial charge on any atom is -0.313 e. The van der Waals surface area contributed by atoms with Crippen molar-refractivity contribution in [1.82, 2.24) is 5.32 Å². The zero-order valence-corrected chi connectivity index (χ0v) is 9.44. The van der Waals surface area contributed by atoms with E-state index in [-0.39, 0.29) is 0 Å². The molecular weight excluding hydrogens is 190 g/mol. The van der Waals surface area contributed by atoms with Crippen LogP contribution in [0.4, 0.5) is 0 Å². The fourth-order valence-corrected chi connectivity index (χ4v) is 2.17. The topological polar surface area (TPSA) is 12.0 Å². The Kier molecular flexibility index (Phi) is 5.36. The van der Waals surface area contributed by atoms with Gasteiger partial charge in [0, 0.05) is 17.3 Å². The summed E-state index contributed by atoms with van der Waals surface area (Å²) in [5.74, 6) is 2.73. The first-order chi connectivity index (χ1) is 6.86. The largest absolute Gasteiger partial charge is 0.313 e. The van der Waals surface area contributed by atoms with Gasteiger partial charge >= 0.3 is 0 Å². The standard InChI is InChI=1S/C12H17NS/c1-3-6-11(13-8-4-2)10-12-7-5-9-14-12/h1,5,7,9,11,13H,4,6,8,10H2,2H3. The third-order valence-electron chi connectivity index (χ3n) is 2.07. The predicted octanol–water partition coefficient (Wildman–Crippen LogP) is 2.68. The van der Waals surface area contributed by atoms with E-state index in [1.807, 2.05) is 0 Å². The molecule has 14 heavy (non-hydrogen) atoms. The Morgan fingerprint density at radius 1 is 1.64 bits per heavy atom. The molecule has 1 atom stereocenters. The molecule has 1 aromatic heterocycles. The summed E-state index contributed by atoms with van der Waals surface area (Å²) >= 11 is 1.80. The molecule has 2 heteroatoms. The highest BCUT2D eigenvalue weighted by Crippen LogP contribution is 2.12. The fraction of sp³-hybridized carbons (Fsp3) is 0.500. The van der Waals surface area contributed by atoms with E-state index < -0.39 is 0 Å². The van der Waals surface area contributed by atoms with Crippen molar-refractivity contribution in [1.29, 1.82) is 0 Å². The Bertz CT molecular complexity index is 271. The van der Waals surface area contributed by atoms with Crippen molar-refractivity contribution >= 4 is 11.3 Å². The van der Waals surface area contributed by atoms with Crippen molar-refractivity contribution in [2.75, 3.05) is 6.54 Å². The highest BCUT2D eigenvalue weighted by atomic mass is 32.1. The molecule has 0 aliphatic carbocycles. The van der Waals surface area contributed by atoms with Gasteiger partial charge in [-0.2, -0.15) is 0 Å². The van der Waals surface area contributed by atoms with Gasteiger partial charge in [0.15, 0.2) is 0 Å². The minimum atomic E-state index is 0.443. The Morgan fingerprint density at radius 3 is 3.07 bits per heavy atom. The molecule has 1 unspecified atom stereocenters. The highest BCUT2D eigenvalue weighted by Gasteiger charge is 2.07. The fourth-order valence-electron chi connectivity index (χ4n) is 1.38. The smallest absolute Gasteiger partial charge is 0.0244 e. The normalized spacial score (nSPS) is 12.3. The lowest BCUT2D eigenvalue weighted by Crippen LogP contribution is -2.31. The second-order valence-electron chi connectivity index (χ2n) is 3.34. The molecule has 0 radical (unpaired) electrons. The molecule has 1 heterocycles. The van der Waals surface area contributed by atoms with Crippen LogP contribution in [-0.2, 0) is 6.42 Å². The summed E-state index contributed by atoms with van der Waals surface area (Å²) in [6.07, 6.45) is 8.38. The second kappa shape index (κ2) is 6.64. The highest BCUT2D eigenvalue weighted by molar-refractivity contribution is 7.09. The lowest BCUT2D eigenvalue weighted by Gasteiger charge is -2.14. The lowest BCUT2D eigenvalue weighted by atomic mass is 10.1. The summed E-state index contributed by atoms with van der Waals surface area (Å²) in [7, 11) is 0. The molecule has 0 spiro atoms. The quantitative estimate of drug-likeness (QED) is 0.707. The molecule has 0 fully saturated rings. The van der Waals surface area contributed by atoms with Crippen molar-refractivity contribution in [2.45, 2.75) is 32.2 Å². The number of hydrogen-bond donors (Lipinski definition) is 1. The zero-order valence-electron chi connectivity index (χ0n) is 8.62. The lowest BCUT2D eigenvalue weighted by molar-refractivity contribution is 0.520. The number of terminal acetylenes is 1. The van der Waals surface area contributed by atoms with Crippen LogP contribution in [0.15, 0.2) is 17.5 Å². The summed E-state index contributed by atoms with van der Waals surface area (Å²) in [4.78, 5) is 1.41. The Hall–Kier alpha value is -0.780. The summed E-state index contributed by atoms with van der Waals surface area (Å²) in [6.45, 7) is 3.22. The molecular formula is C12H17NS. The average molecular weight is 207 g/mol. The number of hydrogen-bond acceptors (Lipinski definition) is 2. The molecule has 0 aliphatic heterocycles. The van der Waals surface area contributed by atoms with E-state index in [0.29, 0.717) is 6.04 Å². The second-order valence-corrected chi connectivity index (χ2v) is 4.38. The third kappa shape index (κ3) is 3.95. The molecule has 0 amide bonds. The summed E-state index contributed by atoms with van der Waals surface area (Å²) in [6, 6.07) is 4.70. The SMILES string of the molecule is C#CCC(Cc1cccs1)NCCC. The molecule has 1 N–H and O–H groups in total. The molecule has 1 aromatic rings. The van der Waals surface area contributed by atoms with Gasteiger partial charge in [0.05, 0.1) is 0 Å². The van der Waals surface area contributed by atoms with Crippen molar-refractivity contribution in [3.05, 3.63) is 22.4 Å². The van der Waals surface area contributed by atoms with Crippen LogP contribution in [0.1, 0.15) is 24.6 Å². The summed E-state index contributed by atoms with van der Waals surface area (Å²) in [5.41, 5.74) is 0. The van der Waals surface area contributed by atoms with Crippen LogP contribution in [0.2, 0.25) is 0 Å². The van der Waals surface area contributed by atoms with E-state index in [9.17, 15) is 0 Å². The van der Waals surface area contributed by atoms with Crippen LogP contribution in [0, 0.1) is 12.3 Å². The van der Waals surface area contributed by atoms with E-state index in [1.54, 1.807) is 11.3 Å². The first-order valence-electron chi connectivity index (χ1n) is 5.06. The predicted molar refractivity (Wildman–Crippen MR) is 63.6 cm³/mol. The van der Waals surface area contributed by atoms with Crippen LogP contribution in [0.5, 0.6) is 0 Å². The maximum Gasteiger partial charge on any atom is 0.0244 e. The van der Waals surface area contributed by atoms with Crippen LogP contribution >= 0.6 is 11.3 Å². The Morgan fingerprint density at radius 2 is 2.50 bits per heavy atom. The van der Waals surface area contributed by atoms with Gasteiger partial charge in [-0.3, -0.25) is 0 Å². The van der Waals surface area contributed by atoms with E-state index in [2.05, 4.69) is 35.7 Å². The van der Waals surface area contributed by atoms with Gasteiger partial charge in [0.1, 0.15) is 0 Å². The molecule has 0 saturated carbocycles. The van der Waals surface area contributed by atoms with Crippen molar-refractivity contribution in [2.24, 2.45) is 0 Å². The van der Waals surface area contributed by atoms with Gasteiger partial charge in [-0.05, 0) is 30.8 Å². The maximum absolute atomic E-state index is 5.34. The van der Waals surface area contributed by atoms with Gasteiger partial charge in [-0.15, -0.1) is 23.7 Å². The average Bonchev–Trinajstić information content (AvgIpc) is 2.67. The number of thiophene rings is 1. The van der Waals surface area contributed by atoms with E-state index >= 15 is 0 Å². The Labute approximate surface area is 90.5 Å². The molecule has 0 aliphatic rings. The number of nitrogens with one attached hydrogen (secondary N) is 1. The number of rotatable bonds is 6. The van der Waals surface area contributed by atoms with Crippen molar-refractivity contribution in [3.8, 4) is 12.3 Å². The van der Waals surface area contributed by atoms with Gasteiger partial charge in [-0.1, -0.05) is 13.0 Å². The Balaban J connectivity index is 2.39. The summed E-state index contributed by atoms with van der Waals surface area (Å²) < 4.78 is 0. The maximum atomic E-state index is 5.34. The van der Waals surface area contributed by atoms with Crippen LogP contribution < -0.4 is 5.32 Å². The molecule has 76 valence electrons. The van der Waals surface area contributed by atoms with Gasteiger partial charge in [0.2, 0.25) is 0 Å². The summed E-state index contributed by atoms with van der Waals surface area (Å²) in [5, 5.41) is 5.59. The third-order valence-corrected chi connectivity index (χ3v) is 2.97. The van der Waals surface area contributed by atoms with Gasteiger partial charge in [0.25, 0.3) is 0 Å². The van der Waals surface area contributed by atoms with Crippen LogP contribution in [0.25, 0.3) is 0 Å². The monoisotopic (exact) mass is 207 g/mol. The van der Waals surface area contributed by atoms with Gasteiger partial charge in [-0.25, -0.2) is 0 Å². The molecule has 0 bridgehead atoms. The first-order valence-corrected chi connectivity index (χ1v) is 5.94. The molecule has 1 rings (SSSR count). The van der Waals surface area contributed by atoms with E-state index in [4.69, 9.17) is 6.42 Å². The minimum absolute atomic E-state index is 0.443. The van der Waals surface area contributed by atoms with Crippen LogP contribution in [-0.4, -0.2) is 12.6 Å². The van der Waals surface area contributed by atoms with Crippen molar-refractivity contribution < 1.29 is 0 Å².